The molecule has 1 amide bonds. The van der Waals surface area contributed by atoms with Gasteiger partial charge in [0.1, 0.15) is 17.7 Å². The number of nitrogen functional groups attached to an aromatic ring is 1. The maximum atomic E-state index is 12.8. The second kappa shape index (κ2) is 12.5. The number of aliphatic imine (C=N–C) groups is 2. The molecule has 1 unspecified atom stereocenters. The third-order valence-corrected chi connectivity index (χ3v) is 6.66. The zero-order valence-corrected chi connectivity index (χ0v) is 21.9. The number of amidine groups is 1. The number of aliphatic hydroxyl groups is 1. The number of morpholine rings is 1. The molecule has 0 bridgehead atoms. The second-order valence-corrected chi connectivity index (χ2v) is 9.07. The number of nitrogens with one attached hydrogen (secondary N) is 1. The normalized spacial score (nSPS) is 18.6. The third kappa shape index (κ3) is 5.95. The lowest BCUT2D eigenvalue weighted by atomic mass is 10.0. The van der Waals surface area contributed by atoms with Crippen LogP contribution in [0.2, 0.25) is 0 Å². The van der Waals surface area contributed by atoms with Crippen LogP contribution in [0.3, 0.4) is 0 Å². The van der Waals surface area contributed by atoms with Gasteiger partial charge in [0.25, 0.3) is 5.91 Å². The Kier molecular flexibility index (Phi) is 8.93. The number of ether oxygens (including phenoxy) is 2. The highest BCUT2D eigenvalue weighted by Crippen LogP contribution is 2.33. The van der Waals surface area contributed by atoms with Gasteiger partial charge in [-0.2, -0.15) is 0 Å². The van der Waals surface area contributed by atoms with Crippen LogP contribution in [0.15, 0.2) is 64.1 Å². The van der Waals surface area contributed by atoms with Crippen molar-refractivity contribution in [3.05, 3.63) is 70.8 Å². The zero-order chi connectivity index (χ0) is 27.1. The van der Waals surface area contributed by atoms with Gasteiger partial charge in [0, 0.05) is 55.6 Å². The van der Waals surface area contributed by atoms with Gasteiger partial charge in [-0.15, -0.1) is 0 Å². The van der Waals surface area contributed by atoms with Gasteiger partial charge in [-0.1, -0.05) is 19.1 Å². The number of hydrogen-bond donors (Lipinski definition) is 3. The number of benzene rings is 2. The smallest absolute Gasteiger partial charge is 0.254 e. The molecular formula is C29H35N5O4. The number of hydrogen-bond acceptors (Lipinski definition) is 7. The van der Waals surface area contributed by atoms with Crippen LogP contribution < -0.4 is 15.8 Å². The van der Waals surface area contributed by atoms with E-state index in [0.717, 1.165) is 28.8 Å². The van der Waals surface area contributed by atoms with E-state index in [1.54, 1.807) is 7.05 Å². The van der Waals surface area contributed by atoms with Gasteiger partial charge in [-0.25, -0.2) is 0 Å². The summed E-state index contributed by atoms with van der Waals surface area (Å²) in [7, 11) is 1.71. The molecule has 0 saturated carbocycles. The third-order valence-electron chi connectivity index (χ3n) is 6.66. The van der Waals surface area contributed by atoms with Gasteiger partial charge in [-0.3, -0.25) is 14.8 Å². The molecule has 2 aromatic carbocycles. The number of nitrogens with zero attached hydrogens (tertiary/aromatic N) is 3. The predicted octanol–water partition coefficient (Wildman–Crippen LogP) is 3.37. The van der Waals surface area contributed by atoms with Crippen LogP contribution in [0, 0.1) is 0 Å². The molecule has 1 saturated heterocycles. The summed E-state index contributed by atoms with van der Waals surface area (Å²) in [4.78, 5) is 23.3. The molecule has 0 aliphatic carbocycles. The molecule has 4 rings (SSSR count). The van der Waals surface area contributed by atoms with E-state index >= 15 is 0 Å². The molecule has 9 heteroatoms. The molecule has 0 spiro atoms. The topological polar surface area (TPSA) is 122 Å². The molecule has 0 aromatic heterocycles. The predicted molar refractivity (Wildman–Crippen MR) is 151 cm³/mol. The first-order valence-electron chi connectivity index (χ1n) is 12.8. The van der Waals surface area contributed by atoms with Crippen LogP contribution >= 0.6 is 0 Å². The van der Waals surface area contributed by atoms with Crippen molar-refractivity contribution in [3.63, 3.8) is 0 Å². The van der Waals surface area contributed by atoms with Crippen LogP contribution in [-0.2, 0) is 4.74 Å². The number of carbonyl (C=O) groups excluding carboxylic acids is 1. The summed E-state index contributed by atoms with van der Waals surface area (Å²) in [6.45, 7) is 8.20. The summed E-state index contributed by atoms with van der Waals surface area (Å²) in [5.41, 5.74) is 11.4. The van der Waals surface area contributed by atoms with Crippen molar-refractivity contribution in [1.82, 2.24) is 10.2 Å². The number of aliphatic hydroxyl groups excluding tert-OH is 1. The van der Waals surface area contributed by atoms with E-state index in [2.05, 4.69) is 22.0 Å². The molecular weight excluding hydrogens is 482 g/mol. The summed E-state index contributed by atoms with van der Waals surface area (Å²) in [5, 5.41) is 12.6. The van der Waals surface area contributed by atoms with E-state index in [4.69, 9.17) is 15.2 Å². The number of amides is 1. The quantitative estimate of drug-likeness (QED) is 0.346. The highest BCUT2D eigenvalue weighted by Gasteiger charge is 2.23. The average Bonchev–Trinajstić information content (AvgIpc) is 3.38. The first kappa shape index (κ1) is 27.1. The molecule has 0 radical (unpaired) electrons. The number of nitrogens with two attached hydrogens (primary N) is 1. The minimum atomic E-state index is -0.109. The van der Waals surface area contributed by atoms with Gasteiger partial charge >= 0.3 is 0 Å². The van der Waals surface area contributed by atoms with Gasteiger partial charge in [0.15, 0.2) is 0 Å². The number of anilines is 1. The van der Waals surface area contributed by atoms with E-state index in [1.165, 1.54) is 0 Å². The molecule has 2 aliphatic rings. The molecule has 2 heterocycles. The standard InChI is InChI=1S/C29H35N5O4/c1-4-22(11-14-35)38-26-10-9-21(17-24(26)30)27(31-2)23-18-25(33-28(23)32-3)19-5-7-20(8-6-19)29(36)34-12-15-37-16-13-34/h5-10,17-18,22,35H,2,4,11-16,30H2,1,3H3,(H,32,33)/b27-23-. The summed E-state index contributed by atoms with van der Waals surface area (Å²) in [5.74, 6) is 1.23. The zero-order valence-electron chi connectivity index (χ0n) is 21.9. The Morgan fingerprint density at radius 1 is 1.21 bits per heavy atom. The van der Waals surface area contributed by atoms with Gasteiger partial charge in [0.05, 0.1) is 24.6 Å². The van der Waals surface area contributed by atoms with Crippen LogP contribution in [0.5, 0.6) is 5.75 Å². The van der Waals surface area contributed by atoms with Crippen molar-refractivity contribution in [3.8, 4) is 5.75 Å². The summed E-state index contributed by atoms with van der Waals surface area (Å²) in [6.07, 6.45) is 3.17. The lowest BCUT2D eigenvalue weighted by molar-refractivity contribution is 0.0303. The van der Waals surface area contributed by atoms with E-state index in [9.17, 15) is 9.90 Å². The molecule has 200 valence electrons. The molecule has 4 N–H and O–H groups in total. The van der Waals surface area contributed by atoms with Crippen LogP contribution in [-0.4, -0.2) is 74.5 Å². The molecule has 2 aliphatic heterocycles. The van der Waals surface area contributed by atoms with Crippen molar-refractivity contribution < 1.29 is 19.4 Å². The first-order valence-corrected chi connectivity index (χ1v) is 12.8. The fourth-order valence-electron chi connectivity index (χ4n) is 4.50. The average molecular weight is 518 g/mol. The first-order chi connectivity index (χ1) is 18.5. The van der Waals surface area contributed by atoms with Crippen molar-refractivity contribution in [2.75, 3.05) is 45.7 Å². The highest BCUT2D eigenvalue weighted by molar-refractivity contribution is 6.16. The number of carbonyl (C=O) groups is 1. The Morgan fingerprint density at radius 3 is 2.53 bits per heavy atom. The Morgan fingerprint density at radius 2 is 1.92 bits per heavy atom. The van der Waals surface area contributed by atoms with Gasteiger partial charge in [-0.05, 0) is 55.1 Å². The Bertz CT molecular complexity index is 1260. The lowest BCUT2D eigenvalue weighted by Crippen LogP contribution is -2.40. The molecule has 38 heavy (non-hydrogen) atoms. The largest absolute Gasteiger partial charge is 0.488 e. The van der Waals surface area contributed by atoms with Crippen LogP contribution in [0.4, 0.5) is 5.69 Å². The van der Waals surface area contributed by atoms with Crippen molar-refractivity contribution in [1.29, 1.82) is 0 Å². The number of rotatable bonds is 9. The molecule has 9 nitrogen and oxygen atoms in total. The van der Waals surface area contributed by atoms with Gasteiger partial charge < -0.3 is 30.5 Å². The minimum Gasteiger partial charge on any atom is -0.488 e. The van der Waals surface area contributed by atoms with E-state index in [-0.39, 0.29) is 18.6 Å². The minimum absolute atomic E-state index is 0.00869. The van der Waals surface area contributed by atoms with E-state index in [1.807, 2.05) is 60.4 Å². The van der Waals surface area contributed by atoms with Crippen molar-refractivity contribution in [2.24, 2.45) is 9.98 Å². The monoisotopic (exact) mass is 517 g/mol. The Labute approximate surface area is 223 Å². The fraction of sp³-hybridized carbons (Fsp3) is 0.345. The SMILES string of the molecule is C=N/C(=C1/C=C(c2ccc(C(=O)N3CCOCC3)cc2)N/C1=N/C)c1ccc(OC(CC)CCO)c(N)c1. The van der Waals surface area contributed by atoms with E-state index in [0.29, 0.717) is 61.3 Å². The fourth-order valence-corrected chi connectivity index (χ4v) is 4.50. The summed E-state index contributed by atoms with van der Waals surface area (Å²) in [6, 6.07) is 13.0. The maximum absolute atomic E-state index is 12.8. The second-order valence-electron chi connectivity index (χ2n) is 9.07. The lowest BCUT2D eigenvalue weighted by Gasteiger charge is -2.26. The maximum Gasteiger partial charge on any atom is 0.254 e. The van der Waals surface area contributed by atoms with Crippen molar-refractivity contribution >= 4 is 35.5 Å². The Balaban J connectivity index is 1.60. The van der Waals surface area contributed by atoms with Crippen molar-refractivity contribution in [2.45, 2.75) is 25.9 Å². The summed E-state index contributed by atoms with van der Waals surface area (Å²) >= 11 is 0. The van der Waals surface area contributed by atoms with E-state index < -0.39 is 0 Å². The Hall–Kier alpha value is -3.95. The van der Waals surface area contributed by atoms with Crippen LogP contribution in [0.25, 0.3) is 11.4 Å². The molecule has 1 atom stereocenters. The molecule has 2 aromatic rings. The van der Waals surface area contributed by atoms with Crippen LogP contribution in [0.1, 0.15) is 41.3 Å². The highest BCUT2D eigenvalue weighted by atomic mass is 16.5. The molecule has 1 fully saturated rings. The summed E-state index contributed by atoms with van der Waals surface area (Å²) < 4.78 is 11.3. The van der Waals surface area contributed by atoms with Gasteiger partial charge in [0.2, 0.25) is 0 Å².